The summed E-state index contributed by atoms with van der Waals surface area (Å²) in [7, 11) is 1.99. The average molecular weight is 420 g/mol. The number of piperidine rings is 1. The van der Waals surface area contributed by atoms with E-state index in [-0.39, 0.29) is 28.1 Å². The summed E-state index contributed by atoms with van der Waals surface area (Å²) < 4.78 is 6.42. The van der Waals surface area contributed by atoms with Gasteiger partial charge in [-0.3, -0.25) is 4.48 Å². The topological polar surface area (TPSA) is 119 Å². The normalized spacial score (nSPS) is 36.6. The van der Waals surface area contributed by atoms with Gasteiger partial charge in [-0.15, -0.1) is 0 Å². The monoisotopic (exact) mass is 420 g/mol. The molecule has 2 heterocycles. The summed E-state index contributed by atoms with van der Waals surface area (Å²) in [6, 6.07) is 8.62. The highest BCUT2D eigenvalue weighted by atomic mass is 16.5. The van der Waals surface area contributed by atoms with Gasteiger partial charge in [0.2, 0.25) is 0 Å². The molecule has 0 saturated carbocycles. The Labute approximate surface area is 180 Å². The highest BCUT2D eigenvalue weighted by molar-refractivity contribution is 5.95. The molecule has 0 radical (unpaired) electrons. The van der Waals surface area contributed by atoms with Gasteiger partial charge in [0.1, 0.15) is 23.8 Å². The van der Waals surface area contributed by atoms with Gasteiger partial charge in [0.15, 0.2) is 11.5 Å². The van der Waals surface area contributed by atoms with Gasteiger partial charge in [-0.05, 0) is 29.8 Å². The number of quaternary nitrogens is 1. The number of hydrogen-bond acceptors (Lipinski definition) is 6. The van der Waals surface area contributed by atoms with Crippen molar-refractivity contribution in [1.29, 1.82) is 0 Å². The largest absolute Gasteiger partial charge is 0.504 e. The van der Waals surface area contributed by atoms with E-state index < -0.39 is 17.6 Å². The number of nitrogens with zero attached hydrogens (tertiary/aromatic N) is 1. The van der Waals surface area contributed by atoms with Gasteiger partial charge in [-0.2, -0.15) is 0 Å². The first-order valence-electron chi connectivity index (χ1n) is 10.7. The fourth-order valence-corrected chi connectivity index (χ4v) is 6.72. The summed E-state index contributed by atoms with van der Waals surface area (Å²) in [6.07, 6.45) is 3.98. The van der Waals surface area contributed by atoms with E-state index >= 15 is 0 Å². The molecule has 1 amide bonds. The van der Waals surface area contributed by atoms with Crippen LogP contribution in [0.4, 0.5) is 11.4 Å². The SMILES string of the molecule is C[N+]1(C(=O)c2ccc(N)cc2N)CC[C@]23c4c5ccc(O)c4O[C@H]2[C@@H](O)C=C[C@H]3[C@H]1C5. The van der Waals surface area contributed by atoms with Crippen LogP contribution in [0.2, 0.25) is 0 Å². The second-order valence-electron chi connectivity index (χ2n) is 9.59. The number of aliphatic hydroxyl groups is 1. The number of likely N-dealkylation sites (tertiary alicyclic amines) is 1. The molecule has 2 aliphatic carbocycles. The lowest BCUT2D eigenvalue weighted by Gasteiger charge is -2.58. The maximum atomic E-state index is 13.9. The van der Waals surface area contributed by atoms with E-state index in [0.717, 1.165) is 11.1 Å². The zero-order valence-corrected chi connectivity index (χ0v) is 17.3. The van der Waals surface area contributed by atoms with Gasteiger partial charge in [0.25, 0.3) is 0 Å². The minimum atomic E-state index is -0.755. The predicted molar refractivity (Wildman–Crippen MR) is 116 cm³/mol. The quantitative estimate of drug-likeness (QED) is 0.317. The van der Waals surface area contributed by atoms with E-state index in [1.54, 1.807) is 30.3 Å². The molecule has 6 atom stereocenters. The van der Waals surface area contributed by atoms with Crippen molar-refractivity contribution in [3.8, 4) is 11.5 Å². The molecule has 7 nitrogen and oxygen atoms in total. The van der Waals surface area contributed by atoms with E-state index in [4.69, 9.17) is 16.2 Å². The third-order valence-corrected chi connectivity index (χ3v) is 8.20. The zero-order chi connectivity index (χ0) is 21.7. The van der Waals surface area contributed by atoms with Crippen molar-refractivity contribution in [1.82, 2.24) is 0 Å². The molecule has 1 unspecified atom stereocenters. The lowest BCUT2D eigenvalue weighted by atomic mass is 9.52. The number of amides is 1. The number of phenolic OH excluding ortho intramolecular Hbond substituents is 1. The third kappa shape index (κ3) is 2.12. The fraction of sp³-hybridized carbons (Fsp3) is 0.375. The first kappa shape index (κ1) is 18.7. The van der Waals surface area contributed by atoms with Crippen molar-refractivity contribution in [3.05, 3.63) is 59.2 Å². The number of rotatable bonds is 1. The van der Waals surface area contributed by atoms with E-state index in [0.29, 0.717) is 42.1 Å². The number of phenols is 1. The summed E-state index contributed by atoms with van der Waals surface area (Å²) in [6.45, 7) is 0.596. The number of benzene rings is 2. The van der Waals surface area contributed by atoms with Crippen LogP contribution in [0.25, 0.3) is 0 Å². The molecule has 2 aliphatic heterocycles. The molecule has 31 heavy (non-hydrogen) atoms. The van der Waals surface area contributed by atoms with Crippen LogP contribution in [0.15, 0.2) is 42.5 Å². The van der Waals surface area contributed by atoms with Crippen molar-refractivity contribution in [2.24, 2.45) is 5.92 Å². The van der Waals surface area contributed by atoms with Gasteiger partial charge in [0, 0.05) is 30.0 Å². The molecule has 1 fully saturated rings. The maximum absolute atomic E-state index is 13.9. The number of hydrogen-bond donors (Lipinski definition) is 4. The number of anilines is 2. The molecule has 4 aliphatic rings. The predicted octanol–water partition coefficient (Wildman–Crippen LogP) is 1.72. The minimum Gasteiger partial charge on any atom is -0.504 e. The summed E-state index contributed by atoms with van der Waals surface area (Å²) >= 11 is 0. The van der Waals surface area contributed by atoms with Crippen LogP contribution in [0, 0.1) is 5.92 Å². The molecule has 6 N–H and O–H groups in total. The maximum Gasteiger partial charge on any atom is 0.348 e. The number of nitrogen functional groups attached to an aromatic ring is 2. The molecule has 0 aromatic heterocycles. The van der Waals surface area contributed by atoms with Crippen LogP contribution in [-0.4, -0.2) is 52.4 Å². The molecule has 2 bridgehead atoms. The van der Waals surface area contributed by atoms with E-state index in [1.165, 1.54) is 0 Å². The molecule has 2 aromatic rings. The van der Waals surface area contributed by atoms with E-state index in [9.17, 15) is 15.0 Å². The Morgan fingerprint density at radius 2 is 2.03 bits per heavy atom. The van der Waals surface area contributed by atoms with Gasteiger partial charge in [-0.1, -0.05) is 18.2 Å². The molecule has 6 rings (SSSR count). The second kappa shape index (κ2) is 5.81. The standard InChI is InChI=1S/C24H25N3O4/c1-27(23(30)14-4-3-13(25)11-16(14)26)9-8-24-15-5-7-19(29)22(24)31-21-18(28)6-2-12(20(21)24)10-17(15)27/h2-7,11,15,17,19,22,29H,8-10H2,1H3,(H4-,25,26,28,30)/p+1/t15-,17+,19-,22-,24-,27?/m0/s1. The molecule has 2 aromatic carbocycles. The Hall–Kier alpha value is -3.03. The van der Waals surface area contributed by atoms with Crippen LogP contribution >= 0.6 is 0 Å². The van der Waals surface area contributed by atoms with Crippen LogP contribution in [0.1, 0.15) is 27.9 Å². The number of aliphatic hydroxyl groups excluding tert-OH is 1. The van der Waals surface area contributed by atoms with E-state index in [1.807, 2.05) is 13.1 Å². The molecule has 7 heteroatoms. The van der Waals surface area contributed by atoms with E-state index in [2.05, 4.69) is 6.08 Å². The molecule has 1 saturated heterocycles. The van der Waals surface area contributed by atoms with Crippen molar-refractivity contribution in [3.63, 3.8) is 0 Å². The summed E-state index contributed by atoms with van der Waals surface area (Å²) in [4.78, 5) is 13.9. The Bertz CT molecular complexity index is 1180. The first-order chi connectivity index (χ1) is 14.8. The number of nitrogens with two attached hydrogens (primary N) is 2. The Balaban J connectivity index is 1.53. The minimum absolute atomic E-state index is 0.00848. The lowest BCUT2D eigenvalue weighted by Crippen LogP contribution is -2.72. The van der Waals surface area contributed by atoms with Crippen molar-refractivity contribution in [2.75, 3.05) is 25.1 Å². The van der Waals surface area contributed by atoms with Crippen molar-refractivity contribution in [2.45, 2.75) is 36.5 Å². The Morgan fingerprint density at radius 1 is 1.23 bits per heavy atom. The number of ether oxygens (including phenoxy) is 1. The lowest BCUT2D eigenvalue weighted by molar-refractivity contribution is -0.867. The first-order valence-corrected chi connectivity index (χ1v) is 10.7. The number of carbonyl (C=O) groups is 1. The fourth-order valence-electron chi connectivity index (χ4n) is 6.72. The molecule has 160 valence electrons. The van der Waals surface area contributed by atoms with Gasteiger partial charge in [0.05, 0.1) is 24.7 Å². The van der Waals surface area contributed by atoms with Crippen LogP contribution in [0.3, 0.4) is 0 Å². The molecular weight excluding hydrogens is 394 g/mol. The van der Waals surface area contributed by atoms with Gasteiger partial charge < -0.3 is 26.4 Å². The second-order valence-corrected chi connectivity index (χ2v) is 9.59. The summed E-state index contributed by atoms with van der Waals surface area (Å²) in [5.41, 5.74) is 15.1. The number of likely N-dealkylation sites (N-methyl/N-ethyl adjacent to an activating group) is 1. The van der Waals surface area contributed by atoms with Crippen molar-refractivity contribution >= 4 is 17.3 Å². The highest BCUT2D eigenvalue weighted by Gasteiger charge is 2.69. The van der Waals surface area contributed by atoms with Crippen molar-refractivity contribution < 1.29 is 24.2 Å². The molecule has 1 spiro atoms. The van der Waals surface area contributed by atoms with Crippen LogP contribution in [-0.2, 0) is 11.8 Å². The van der Waals surface area contributed by atoms with Crippen LogP contribution < -0.4 is 16.2 Å². The molecular formula is C24H26N3O4+. The Kier molecular flexibility index (Phi) is 3.51. The average Bonchev–Trinajstić information content (AvgIpc) is 3.10. The smallest absolute Gasteiger partial charge is 0.348 e. The van der Waals surface area contributed by atoms with Crippen LogP contribution in [0.5, 0.6) is 11.5 Å². The summed E-state index contributed by atoms with van der Waals surface area (Å²) in [5.74, 6) is 0.600. The Morgan fingerprint density at radius 3 is 2.81 bits per heavy atom. The highest BCUT2D eigenvalue weighted by Crippen LogP contribution is 2.63. The number of aromatic hydroxyl groups is 1. The summed E-state index contributed by atoms with van der Waals surface area (Å²) in [5, 5.41) is 21.2. The zero-order valence-electron chi connectivity index (χ0n) is 17.3. The number of carbonyl (C=O) groups excluding carboxylic acids is 1. The van der Waals surface area contributed by atoms with Gasteiger partial charge in [-0.25, -0.2) is 4.79 Å². The third-order valence-electron chi connectivity index (χ3n) is 8.20. The van der Waals surface area contributed by atoms with Gasteiger partial charge >= 0.3 is 5.91 Å².